The lowest BCUT2D eigenvalue weighted by Crippen LogP contribution is -2.34. The molecule has 0 amide bonds. The zero-order valence-corrected chi connectivity index (χ0v) is 12.2. The van der Waals surface area contributed by atoms with Crippen LogP contribution < -0.4 is 0 Å². The molecule has 2 N–H and O–H groups in total. The van der Waals surface area contributed by atoms with Gasteiger partial charge in [-0.05, 0) is 35.0 Å². The lowest BCUT2D eigenvalue weighted by Gasteiger charge is -2.16. The summed E-state index contributed by atoms with van der Waals surface area (Å²) in [5.74, 6) is -0.280. The van der Waals surface area contributed by atoms with E-state index in [0.29, 0.717) is 5.56 Å². The highest BCUT2D eigenvalue weighted by molar-refractivity contribution is 5.95. The number of rotatable bonds is 2. The summed E-state index contributed by atoms with van der Waals surface area (Å²) in [7, 11) is 0. The van der Waals surface area contributed by atoms with Crippen molar-refractivity contribution in [1.82, 2.24) is 0 Å². The van der Waals surface area contributed by atoms with Crippen LogP contribution in [0.25, 0.3) is 10.8 Å². The van der Waals surface area contributed by atoms with Crippen molar-refractivity contribution in [3.8, 4) is 5.75 Å². The minimum atomic E-state index is -0.669. The van der Waals surface area contributed by atoms with Gasteiger partial charge in [0, 0.05) is 0 Å². The Morgan fingerprint density at radius 2 is 1.78 bits per heavy atom. The molecule has 2 aromatic carbocycles. The number of benzene rings is 2. The van der Waals surface area contributed by atoms with Crippen LogP contribution in [0, 0.1) is 0 Å². The number of hydrogen-bond donors (Lipinski definition) is 2. The molecule has 4 atom stereocenters. The lowest BCUT2D eigenvalue weighted by atomic mass is 10.1. The Hall–Kier alpha value is -2.15. The van der Waals surface area contributed by atoms with Crippen LogP contribution in [0.3, 0.4) is 0 Å². The van der Waals surface area contributed by atoms with E-state index in [2.05, 4.69) is 0 Å². The molecule has 0 aromatic heterocycles. The summed E-state index contributed by atoms with van der Waals surface area (Å²) in [6.45, 7) is 0.419. The highest BCUT2D eigenvalue weighted by Gasteiger charge is 2.48. The minimum Gasteiger partial charge on any atom is -0.508 e. The van der Waals surface area contributed by atoms with Crippen molar-refractivity contribution in [2.24, 2.45) is 0 Å². The van der Waals surface area contributed by atoms with Gasteiger partial charge in [0.05, 0.1) is 18.8 Å². The highest BCUT2D eigenvalue weighted by atomic mass is 16.6. The van der Waals surface area contributed by atoms with E-state index in [4.69, 9.17) is 14.2 Å². The topological polar surface area (TPSA) is 85.2 Å². The van der Waals surface area contributed by atoms with Gasteiger partial charge in [-0.1, -0.05) is 12.1 Å². The molecular formula is C17H16O6. The Bertz CT molecular complexity index is 758. The van der Waals surface area contributed by atoms with Crippen LogP contribution in [0.4, 0.5) is 0 Å². The third kappa shape index (κ3) is 2.55. The number of aromatic hydroxyl groups is 1. The van der Waals surface area contributed by atoms with Gasteiger partial charge in [-0.2, -0.15) is 0 Å². The fraction of sp³-hybridized carbons (Fsp3) is 0.353. The standard InChI is InChI=1S/C17H16O6/c18-12-4-3-9-5-11(2-1-10(9)6-12)17(20)23-14-8-22-15-13(19)7-21-16(14)15/h1-6,13-16,18-19H,7-8H2/t13-,14-,15?,16?/m1/s1. The SMILES string of the molecule is O=C(O[C@@H]1COC2C1OC[C@H]2O)c1ccc2cc(O)ccc2c1. The highest BCUT2D eigenvalue weighted by Crippen LogP contribution is 2.29. The zero-order valence-electron chi connectivity index (χ0n) is 12.2. The van der Waals surface area contributed by atoms with Crippen LogP contribution in [0.1, 0.15) is 10.4 Å². The average Bonchev–Trinajstić information content (AvgIpc) is 3.11. The molecule has 0 aliphatic carbocycles. The van der Waals surface area contributed by atoms with Gasteiger partial charge in [0.1, 0.15) is 24.1 Å². The number of fused-ring (bicyclic) bond motifs is 2. The number of phenols is 1. The van der Waals surface area contributed by atoms with Crippen molar-refractivity contribution < 1.29 is 29.2 Å². The van der Waals surface area contributed by atoms with Gasteiger partial charge in [-0.3, -0.25) is 0 Å². The first kappa shape index (κ1) is 14.4. The van der Waals surface area contributed by atoms with Gasteiger partial charge in [0.25, 0.3) is 0 Å². The van der Waals surface area contributed by atoms with E-state index in [9.17, 15) is 15.0 Å². The van der Waals surface area contributed by atoms with Crippen LogP contribution in [0.5, 0.6) is 5.75 Å². The quantitative estimate of drug-likeness (QED) is 0.811. The van der Waals surface area contributed by atoms with E-state index in [1.165, 1.54) is 0 Å². The lowest BCUT2D eigenvalue weighted by molar-refractivity contribution is -0.0209. The smallest absolute Gasteiger partial charge is 0.338 e. The van der Waals surface area contributed by atoms with Gasteiger partial charge in [-0.15, -0.1) is 0 Å². The summed E-state index contributed by atoms with van der Waals surface area (Å²) in [4.78, 5) is 12.3. The molecule has 2 heterocycles. The fourth-order valence-electron chi connectivity index (χ4n) is 3.11. The number of aliphatic hydroxyl groups is 1. The van der Waals surface area contributed by atoms with E-state index >= 15 is 0 Å². The molecule has 2 unspecified atom stereocenters. The molecule has 120 valence electrons. The first-order valence-corrected chi connectivity index (χ1v) is 7.47. The summed E-state index contributed by atoms with van der Waals surface area (Å²) in [5.41, 5.74) is 0.421. The molecule has 6 nitrogen and oxygen atoms in total. The van der Waals surface area contributed by atoms with Crippen molar-refractivity contribution in [3.05, 3.63) is 42.0 Å². The van der Waals surface area contributed by atoms with Gasteiger partial charge < -0.3 is 24.4 Å². The van der Waals surface area contributed by atoms with E-state index in [0.717, 1.165) is 10.8 Å². The van der Waals surface area contributed by atoms with Crippen molar-refractivity contribution in [2.75, 3.05) is 13.2 Å². The maximum atomic E-state index is 12.3. The molecule has 0 radical (unpaired) electrons. The number of aliphatic hydroxyl groups excluding tert-OH is 1. The molecule has 0 spiro atoms. The Labute approximate surface area is 132 Å². The molecule has 2 saturated heterocycles. The second-order valence-corrected chi connectivity index (χ2v) is 5.85. The van der Waals surface area contributed by atoms with E-state index in [1.807, 2.05) is 0 Å². The third-order valence-corrected chi connectivity index (χ3v) is 4.30. The molecule has 4 rings (SSSR count). The largest absolute Gasteiger partial charge is 0.508 e. The number of hydrogen-bond acceptors (Lipinski definition) is 6. The second kappa shape index (κ2) is 5.49. The van der Waals surface area contributed by atoms with Crippen molar-refractivity contribution >= 4 is 16.7 Å². The normalized spacial score (nSPS) is 29.6. The number of phenolic OH excluding ortho intramolecular Hbond substituents is 1. The van der Waals surface area contributed by atoms with E-state index in [1.54, 1.807) is 36.4 Å². The predicted molar refractivity (Wildman–Crippen MR) is 80.3 cm³/mol. The second-order valence-electron chi connectivity index (χ2n) is 5.85. The molecule has 2 fully saturated rings. The average molecular weight is 316 g/mol. The monoisotopic (exact) mass is 316 g/mol. The first-order valence-electron chi connectivity index (χ1n) is 7.47. The molecular weight excluding hydrogens is 300 g/mol. The molecule has 2 aromatic rings. The predicted octanol–water partition coefficient (Wildman–Crippen LogP) is 1.23. The van der Waals surface area contributed by atoms with Crippen LogP contribution in [-0.2, 0) is 14.2 Å². The summed E-state index contributed by atoms with van der Waals surface area (Å²) in [6, 6.07) is 10.1. The maximum absolute atomic E-state index is 12.3. The number of carbonyl (C=O) groups is 1. The van der Waals surface area contributed by atoms with Crippen molar-refractivity contribution in [1.29, 1.82) is 0 Å². The van der Waals surface area contributed by atoms with Crippen LogP contribution in [0.2, 0.25) is 0 Å². The molecule has 0 saturated carbocycles. The van der Waals surface area contributed by atoms with E-state index in [-0.39, 0.29) is 19.0 Å². The molecule has 0 bridgehead atoms. The Morgan fingerprint density at radius 1 is 1.04 bits per heavy atom. The van der Waals surface area contributed by atoms with Gasteiger partial charge in [-0.25, -0.2) is 4.79 Å². The van der Waals surface area contributed by atoms with Gasteiger partial charge in [0.15, 0.2) is 6.10 Å². The Morgan fingerprint density at radius 3 is 2.65 bits per heavy atom. The van der Waals surface area contributed by atoms with Crippen molar-refractivity contribution in [2.45, 2.75) is 24.4 Å². The molecule has 2 aliphatic heterocycles. The number of carbonyl (C=O) groups excluding carboxylic acids is 1. The molecule has 6 heteroatoms. The summed E-state index contributed by atoms with van der Waals surface area (Å²) >= 11 is 0. The summed E-state index contributed by atoms with van der Waals surface area (Å²) in [5, 5.41) is 20.8. The van der Waals surface area contributed by atoms with Gasteiger partial charge in [0.2, 0.25) is 0 Å². The molecule has 2 aliphatic rings. The van der Waals surface area contributed by atoms with E-state index < -0.39 is 30.4 Å². The fourth-order valence-corrected chi connectivity index (χ4v) is 3.11. The zero-order chi connectivity index (χ0) is 16.0. The van der Waals surface area contributed by atoms with Crippen LogP contribution >= 0.6 is 0 Å². The molecule has 23 heavy (non-hydrogen) atoms. The minimum absolute atomic E-state index is 0.180. The maximum Gasteiger partial charge on any atom is 0.338 e. The number of esters is 1. The summed E-state index contributed by atoms with van der Waals surface area (Å²) in [6.07, 6.45) is -2.02. The Balaban J connectivity index is 1.52. The first-order chi connectivity index (χ1) is 11.1. The van der Waals surface area contributed by atoms with Crippen LogP contribution in [-0.4, -0.2) is 53.8 Å². The summed E-state index contributed by atoms with van der Waals surface area (Å²) < 4.78 is 16.4. The number of ether oxygens (including phenoxy) is 3. The van der Waals surface area contributed by atoms with Crippen molar-refractivity contribution in [3.63, 3.8) is 0 Å². The van der Waals surface area contributed by atoms with Gasteiger partial charge >= 0.3 is 5.97 Å². The Kier molecular flexibility index (Phi) is 3.45. The van der Waals surface area contributed by atoms with Crippen LogP contribution in [0.15, 0.2) is 36.4 Å². The third-order valence-electron chi connectivity index (χ3n) is 4.30.